The highest BCUT2D eigenvalue weighted by molar-refractivity contribution is 7.91. The zero-order valence-corrected chi connectivity index (χ0v) is 13.1. The van der Waals surface area contributed by atoms with E-state index in [4.69, 9.17) is 4.74 Å². The molecule has 1 aromatic carbocycles. The predicted octanol–water partition coefficient (Wildman–Crippen LogP) is 1.01. The Morgan fingerprint density at radius 1 is 1.26 bits per heavy atom. The van der Waals surface area contributed by atoms with Crippen molar-refractivity contribution in [3.63, 3.8) is 0 Å². The first-order valence-corrected chi connectivity index (χ1v) is 8.91. The lowest BCUT2D eigenvalue weighted by molar-refractivity contribution is -0.133. The number of ether oxygens (including phenoxy) is 1. The first-order chi connectivity index (χ1) is 10.9. The number of aromatic nitrogens is 1. The molecule has 8 heteroatoms. The van der Waals surface area contributed by atoms with Gasteiger partial charge in [0.05, 0.1) is 23.2 Å². The first kappa shape index (κ1) is 15.7. The van der Waals surface area contributed by atoms with Gasteiger partial charge < -0.3 is 9.64 Å². The van der Waals surface area contributed by atoms with Crippen LogP contribution >= 0.6 is 0 Å². The minimum absolute atomic E-state index is 0.0183. The Morgan fingerprint density at radius 3 is 2.74 bits per heavy atom. The highest BCUT2D eigenvalue weighted by Crippen LogP contribution is 2.19. The maximum Gasteiger partial charge on any atom is 0.260 e. The monoisotopic (exact) mass is 338 g/mol. The number of carbonyl (C=O) groups excluding carboxylic acids is 1. The number of amides is 1. The minimum Gasteiger partial charge on any atom is -0.482 e. The molecular weight excluding hydrogens is 323 g/mol. The maximum atomic E-state index is 13.2. The van der Waals surface area contributed by atoms with Crippen LogP contribution in [-0.4, -0.2) is 55.4 Å². The van der Waals surface area contributed by atoms with Crippen LogP contribution in [0.15, 0.2) is 30.5 Å². The molecule has 6 nitrogen and oxygen atoms in total. The second-order valence-electron chi connectivity index (χ2n) is 5.33. The van der Waals surface area contributed by atoms with Crippen LogP contribution in [0.25, 0.3) is 10.9 Å². The van der Waals surface area contributed by atoms with E-state index < -0.39 is 9.84 Å². The topological polar surface area (TPSA) is 76.6 Å². The Kier molecular flexibility index (Phi) is 4.16. The van der Waals surface area contributed by atoms with Gasteiger partial charge in [-0.1, -0.05) is 0 Å². The molecule has 0 aliphatic carbocycles. The van der Waals surface area contributed by atoms with Gasteiger partial charge in [-0.25, -0.2) is 12.8 Å². The second kappa shape index (κ2) is 6.11. The molecule has 0 N–H and O–H groups in total. The number of nitrogens with zero attached hydrogens (tertiary/aromatic N) is 2. The van der Waals surface area contributed by atoms with Crippen LogP contribution in [0.5, 0.6) is 5.75 Å². The van der Waals surface area contributed by atoms with E-state index in [1.165, 1.54) is 23.2 Å². The molecule has 1 fully saturated rings. The SMILES string of the molecule is O=C(COc1cnc2ccc(F)cc2c1)N1CCS(=O)(=O)CC1. The molecule has 122 valence electrons. The summed E-state index contributed by atoms with van der Waals surface area (Å²) in [5.74, 6) is -0.326. The fourth-order valence-electron chi connectivity index (χ4n) is 2.36. The first-order valence-electron chi connectivity index (χ1n) is 7.09. The lowest BCUT2D eigenvalue weighted by Gasteiger charge is -2.26. The van der Waals surface area contributed by atoms with Crippen molar-refractivity contribution in [1.82, 2.24) is 9.88 Å². The van der Waals surface area contributed by atoms with E-state index in [1.54, 1.807) is 12.1 Å². The number of rotatable bonds is 3. The molecule has 0 unspecified atom stereocenters. The fraction of sp³-hybridized carbons (Fsp3) is 0.333. The van der Waals surface area contributed by atoms with E-state index >= 15 is 0 Å². The summed E-state index contributed by atoms with van der Waals surface area (Å²) in [6.45, 7) is 0.167. The van der Waals surface area contributed by atoms with Crippen molar-refractivity contribution in [2.45, 2.75) is 0 Å². The smallest absolute Gasteiger partial charge is 0.260 e. The van der Waals surface area contributed by atoms with Gasteiger partial charge in [0.2, 0.25) is 0 Å². The van der Waals surface area contributed by atoms with Crippen LogP contribution in [0.1, 0.15) is 0 Å². The predicted molar refractivity (Wildman–Crippen MR) is 82.4 cm³/mol. The van der Waals surface area contributed by atoms with Crippen LogP contribution < -0.4 is 4.74 Å². The quantitative estimate of drug-likeness (QED) is 0.835. The van der Waals surface area contributed by atoms with Crippen molar-refractivity contribution >= 4 is 26.6 Å². The lowest BCUT2D eigenvalue weighted by atomic mass is 10.2. The Morgan fingerprint density at radius 2 is 2.00 bits per heavy atom. The number of hydrogen-bond acceptors (Lipinski definition) is 5. The van der Waals surface area contributed by atoms with Crippen molar-refractivity contribution < 1.29 is 22.3 Å². The van der Waals surface area contributed by atoms with Gasteiger partial charge in [0.15, 0.2) is 16.4 Å². The third-order valence-corrected chi connectivity index (χ3v) is 5.29. The molecule has 0 saturated carbocycles. The van der Waals surface area contributed by atoms with Gasteiger partial charge in [-0.3, -0.25) is 9.78 Å². The van der Waals surface area contributed by atoms with Gasteiger partial charge in [-0.05, 0) is 24.3 Å². The van der Waals surface area contributed by atoms with Crippen LogP contribution in [0.3, 0.4) is 0 Å². The van der Waals surface area contributed by atoms with Gasteiger partial charge in [0.1, 0.15) is 11.6 Å². The summed E-state index contributed by atoms with van der Waals surface area (Å²) in [7, 11) is -3.02. The second-order valence-corrected chi connectivity index (χ2v) is 7.63. The number of halogens is 1. The molecule has 1 aliphatic heterocycles. The van der Waals surface area contributed by atoms with Crippen molar-refractivity contribution in [2.75, 3.05) is 31.2 Å². The average Bonchev–Trinajstić information content (AvgIpc) is 2.52. The third-order valence-electron chi connectivity index (χ3n) is 3.68. The normalized spacial score (nSPS) is 17.2. The Balaban J connectivity index is 1.63. The molecule has 2 heterocycles. The average molecular weight is 338 g/mol. The van der Waals surface area contributed by atoms with E-state index in [1.807, 2.05) is 0 Å². The summed E-state index contributed by atoms with van der Waals surface area (Å²) in [6.07, 6.45) is 1.47. The molecule has 3 rings (SSSR count). The molecule has 0 radical (unpaired) electrons. The fourth-order valence-corrected chi connectivity index (χ4v) is 3.56. The van der Waals surface area contributed by atoms with Crippen molar-refractivity contribution in [3.8, 4) is 5.75 Å². The van der Waals surface area contributed by atoms with E-state index in [-0.39, 0.29) is 42.9 Å². The summed E-state index contributed by atoms with van der Waals surface area (Å²) in [6, 6.07) is 5.84. The lowest BCUT2D eigenvalue weighted by Crippen LogP contribution is -2.45. The van der Waals surface area contributed by atoms with E-state index in [9.17, 15) is 17.6 Å². The van der Waals surface area contributed by atoms with E-state index in [2.05, 4.69) is 4.98 Å². The number of carbonyl (C=O) groups is 1. The molecule has 1 amide bonds. The van der Waals surface area contributed by atoms with E-state index in [0.717, 1.165) is 0 Å². The molecule has 0 bridgehead atoms. The summed E-state index contributed by atoms with van der Waals surface area (Å²) in [5.41, 5.74) is 0.631. The Labute approximate surface area is 132 Å². The van der Waals surface area contributed by atoms with Gasteiger partial charge in [-0.2, -0.15) is 0 Å². The van der Waals surface area contributed by atoms with Gasteiger partial charge >= 0.3 is 0 Å². The largest absolute Gasteiger partial charge is 0.482 e. The van der Waals surface area contributed by atoms with Crippen LogP contribution in [0, 0.1) is 5.82 Å². The highest BCUT2D eigenvalue weighted by Gasteiger charge is 2.25. The van der Waals surface area contributed by atoms with Crippen molar-refractivity contribution in [1.29, 1.82) is 0 Å². The number of pyridine rings is 1. The molecule has 1 aliphatic rings. The zero-order valence-electron chi connectivity index (χ0n) is 12.2. The molecular formula is C15H15FN2O4S. The zero-order chi connectivity index (χ0) is 16.4. The third kappa shape index (κ3) is 3.76. The highest BCUT2D eigenvalue weighted by atomic mass is 32.2. The number of hydrogen-bond donors (Lipinski definition) is 0. The summed E-state index contributed by atoms with van der Waals surface area (Å²) in [5, 5.41) is 0.582. The molecule has 0 atom stereocenters. The van der Waals surface area contributed by atoms with Gasteiger partial charge in [0, 0.05) is 18.5 Å². The van der Waals surface area contributed by atoms with Crippen molar-refractivity contribution in [2.24, 2.45) is 0 Å². The summed E-state index contributed by atoms with van der Waals surface area (Å²) in [4.78, 5) is 17.6. The molecule has 23 heavy (non-hydrogen) atoms. The van der Waals surface area contributed by atoms with Crippen LogP contribution in [-0.2, 0) is 14.6 Å². The Hall–Kier alpha value is -2.22. The van der Waals surface area contributed by atoms with E-state index in [0.29, 0.717) is 16.7 Å². The van der Waals surface area contributed by atoms with Crippen LogP contribution in [0.2, 0.25) is 0 Å². The minimum atomic E-state index is -3.02. The Bertz CT molecular complexity index is 840. The molecule has 1 aromatic heterocycles. The summed E-state index contributed by atoms with van der Waals surface area (Å²) >= 11 is 0. The number of benzene rings is 1. The molecule has 2 aromatic rings. The van der Waals surface area contributed by atoms with Gasteiger partial charge in [-0.15, -0.1) is 0 Å². The van der Waals surface area contributed by atoms with Crippen molar-refractivity contribution in [3.05, 3.63) is 36.3 Å². The molecule has 0 spiro atoms. The van der Waals surface area contributed by atoms with Crippen LogP contribution in [0.4, 0.5) is 4.39 Å². The maximum absolute atomic E-state index is 13.2. The number of sulfone groups is 1. The number of fused-ring (bicyclic) bond motifs is 1. The standard InChI is InChI=1S/C15H15FN2O4S/c16-12-1-2-14-11(7-12)8-13(9-17-14)22-10-15(19)18-3-5-23(20,21)6-4-18/h1-2,7-9H,3-6,10H2. The van der Waals surface area contributed by atoms with Gasteiger partial charge in [0.25, 0.3) is 5.91 Å². The summed E-state index contributed by atoms with van der Waals surface area (Å²) < 4.78 is 41.3. The molecule has 1 saturated heterocycles.